The SMILES string of the molecule is C[C@H](OC(=O)c1cccc[n+]1[O-])C(=O)NC1CCCC1. The molecule has 1 atom stereocenters. The van der Waals surface area contributed by atoms with Crippen LogP contribution in [0, 0.1) is 5.21 Å². The Morgan fingerprint density at radius 2 is 2.10 bits per heavy atom. The highest BCUT2D eigenvalue weighted by molar-refractivity contribution is 5.89. The van der Waals surface area contributed by atoms with Gasteiger partial charge < -0.3 is 15.3 Å². The molecular weight excluding hydrogens is 260 g/mol. The van der Waals surface area contributed by atoms with Crippen LogP contribution in [0.3, 0.4) is 0 Å². The molecule has 0 bridgehead atoms. The maximum absolute atomic E-state index is 11.9. The number of nitrogens with one attached hydrogen (secondary N) is 1. The van der Waals surface area contributed by atoms with Gasteiger partial charge in [-0.1, -0.05) is 12.8 Å². The molecule has 1 amide bonds. The van der Waals surface area contributed by atoms with Crippen LogP contribution in [0.15, 0.2) is 24.4 Å². The van der Waals surface area contributed by atoms with E-state index in [0.29, 0.717) is 4.73 Å². The van der Waals surface area contributed by atoms with Crippen LogP contribution in [0.2, 0.25) is 0 Å². The third kappa shape index (κ3) is 3.46. The number of pyridine rings is 1. The van der Waals surface area contributed by atoms with E-state index in [9.17, 15) is 14.8 Å². The zero-order chi connectivity index (χ0) is 14.5. The highest BCUT2D eigenvalue weighted by atomic mass is 16.6. The minimum absolute atomic E-state index is 0.131. The second kappa shape index (κ2) is 6.36. The van der Waals surface area contributed by atoms with Crippen molar-refractivity contribution in [2.75, 3.05) is 0 Å². The van der Waals surface area contributed by atoms with Gasteiger partial charge in [0.15, 0.2) is 12.3 Å². The van der Waals surface area contributed by atoms with E-state index in [-0.39, 0.29) is 17.6 Å². The molecule has 1 aromatic rings. The van der Waals surface area contributed by atoms with Crippen molar-refractivity contribution in [2.24, 2.45) is 0 Å². The van der Waals surface area contributed by atoms with Crippen molar-refractivity contribution >= 4 is 11.9 Å². The monoisotopic (exact) mass is 278 g/mol. The zero-order valence-corrected chi connectivity index (χ0v) is 11.4. The Labute approximate surface area is 117 Å². The molecule has 0 spiro atoms. The lowest BCUT2D eigenvalue weighted by Gasteiger charge is -2.16. The molecule has 0 saturated heterocycles. The van der Waals surface area contributed by atoms with E-state index in [2.05, 4.69) is 5.32 Å². The first-order valence-electron chi connectivity index (χ1n) is 6.77. The van der Waals surface area contributed by atoms with Gasteiger partial charge in [-0.15, -0.1) is 0 Å². The number of amides is 1. The fraction of sp³-hybridized carbons (Fsp3) is 0.500. The number of nitrogens with zero attached hydrogens (tertiary/aromatic N) is 1. The molecule has 2 rings (SSSR count). The third-order valence-corrected chi connectivity index (χ3v) is 3.39. The minimum atomic E-state index is -0.914. The number of ether oxygens (including phenoxy) is 1. The first-order valence-corrected chi connectivity index (χ1v) is 6.77. The van der Waals surface area contributed by atoms with Gasteiger partial charge in [0.05, 0.1) is 0 Å². The smallest absolute Gasteiger partial charge is 0.405 e. The number of hydrogen-bond donors (Lipinski definition) is 1. The van der Waals surface area contributed by atoms with Crippen molar-refractivity contribution < 1.29 is 19.1 Å². The fourth-order valence-corrected chi connectivity index (χ4v) is 2.25. The van der Waals surface area contributed by atoms with Gasteiger partial charge in [0, 0.05) is 18.2 Å². The first kappa shape index (κ1) is 14.3. The summed E-state index contributed by atoms with van der Waals surface area (Å²) in [5.41, 5.74) is -0.131. The largest absolute Gasteiger partial charge is 0.618 e. The van der Waals surface area contributed by atoms with Crippen LogP contribution in [0.1, 0.15) is 43.1 Å². The van der Waals surface area contributed by atoms with Crippen molar-refractivity contribution in [1.82, 2.24) is 5.32 Å². The molecule has 1 fully saturated rings. The highest BCUT2D eigenvalue weighted by Crippen LogP contribution is 2.17. The molecule has 6 heteroatoms. The Bertz CT molecular complexity index is 498. The normalized spacial score (nSPS) is 16.6. The number of hydrogen-bond acceptors (Lipinski definition) is 4. The molecule has 1 heterocycles. The minimum Gasteiger partial charge on any atom is -0.618 e. The van der Waals surface area contributed by atoms with Gasteiger partial charge in [0.2, 0.25) is 0 Å². The summed E-state index contributed by atoms with van der Waals surface area (Å²) in [6.07, 6.45) is 4.44. The van der Waals surface area contributed by atoms with Crippen LogP contribution in [-0.2, 0) is 9.53 Å². The summed E-state index contributed by atoms with van der Waals surface area (Å²) in [6, 6.07) is 4.61. The predicted octanol–water partition coefficient (Wildman–Crippen LogP) is 0.924. The molecule has 1 aliphatic rings. The summed E-state index contributed by atoms with van der Waals surface area (Å²) in [4.78, 5) is 23.7. The van der Waals surface area contributed by atoms with Crippen LogP contribution in [0.4, 0.5) is 0 Å². The lowest BCUT2D eigenvalue weighted by Crippen LogP contribution is -2.42. The molecule has 1 aliphatic carbocycles. The van der Waals surface area contributed by atoms with Crippen molar-refractivity contribution in [3.63, 3.8) is 0 Å². The van der Waals surface area contributed by atoms with Crippen molar-refractivity contribution in [3.8, 4) is 0 Å². The summed E-state index contributed by atoms with van der Waals surface area (Å²) in [5.74, 6) is -1.12. The topological polar surface area (TPSA) is 82.3 Å². The molecule has 1 N–H and O–H groups in total. The molecule has 1 aromatic heterocycles. The fourth-order valence-electron chi connectivity index (χ4n) is 2.25. The number of esters is 1. The van der Waals surface area contributed by atoms with Gasteiger partial charge in [-0.05, 0) is 25.8 Å². The average molecular weight is 278 g/mol. The van der Waals surface area contributed by atoms with Gasteiger partial charge in [-0.25, -0.2) is 4.79 Å². The lowest BCUT2D eigenvalue weighted by molar-refractivity contribution is -0.608. The number of carbonyl (C=O) groups is 2. The van der Waals surface area contributed by atoms with E-state index in [4.69, 9.17) is 4.74 Å². The van der Waals surface area contributed by atoms with E-state index < -0.39 is 12.1 Å². The Morgan fingerprint density at radius 3 is 2.75 bits per heavy atom. The van der Waals surface area contributed by atoms with Crippen LogP contribution in [0.5, 0.6) is 0 Å². The summed E-state index contributed by atoms with van der Waals surface area (Å²) in [6.45, 7) is 1.50. The first-order chi connectivity index (χ1) is 9.58. The zero-order valence-electron chi connectivity index (χ0n) is 11.4. The molecule has 1 saturated carbocycles. The number of carbonyl (C=O) groups excluding carboxylic acids is 2. The molecule has 0 radical (unpaired) electrons. The summed E-state index contributed by atoms with van der Waals surface area (Å²) in [5, 5.41) is 14.3. The number of rotatable bonds is 4. The Hall–Kier alpha value is -2.11. The molecule has 0 unspecified atom stereocenters. The van der Waals surface area contributed by atoms with Crippen LogP contribution >= 0.6 is 0 Å². The molecule has 108 valence electrons. The molecule has 0 aliphatic heterocycles. The van der Waals surface area contributed by atoms with E-state index in [0.717, 1.165) is 25.7 Å². The highest BCUT2D eigenvalue weighted by Gasteiger charge is 2.26. The predicted molar refractivity (Wildman–Crippen MR) is 70.7 cm³/mol. The van der Waals surface area contributed by atoms with Crippen LogP contribution in [0.25, 0.3) is 0 Å². The van der Waals surface area contributed by atoms with Gasteiger partial charge >= 0.3 is 11.7 Å². The molecule has 6 nitrogen and oxygen atoms in total. The van der Waals surface area contributed by atoms with Crippen LogP contribution in [-0.4, -0.2) is 24.0 Å². The Balaban J connectivity index is 1.90. The van der Waals surface area contributed by atoms with Crippen molar-refractivity contribution in [3.05, 3.63) is 35.3 Å². The molecule has 20 heavy (non-hydrogen) atoms. The third-order valence-electron chi connectivity index (χ3n) is 3.39. The van der Waals surface area contributed by atoms with E-state index >= 15 is 0 Å². The van der Waals surface area contributed by atoms with Crippen LogP contribution < -0.4 is 10.0 Å². The van der Waals surface area contributed by atoms with E-state index in [1.807, 2.05) is 0 Å². The quantitative estimate of drug-likeness (QED) is 0.504. The van der Waals surface area contributed by atoms with Crippen molar-refractivity contribution in [1.29, 1.82) is 0 Å². The second-order valence-electron chi connectivity index (χ2n) is 4.95. The summed E-state index contributed by atoms with van der Waals surface area (Å²) < 4.78 is 5.44. The lowest BCUT2D eigenvalue weighted by atomic mass is 10.2. The van der Waals surface area contributed by atoms with E-state index in [1.165, 1.54) is 25.3 Å². The molecular formula is C14H18N2O4. The van der Waals surface area contributed by atoms with Crippen molar-refractivity contribution in [2.45, 2.75) is 44.8 Å². The standard InChI is InChI=1S/C14H18N2O4/c1-10(13(17)15-11-6-2-3-7-11)20-14(18)12-8-4-5-9-16(12)19/h4-5,8-11H,2-3,6-7H2,1H3,(H,15,17)/t10-/m0/s1. The van der Waals surface area contributed by atoms with Gasteiger partial charge in [-0.3, -0.25) is 4.79 Å². The van der Waals surface area contributed by atoms with E-state index in [1.54, 1.807) is 6.07 Å². The van der Waals surface area contributed by atoms with Gasteiger partial charge in [0.25, 0.3) is 5.91 Å². The number of aromatic nitrogens is 1. The van der Waals surface area contributed by atoms with Gasteiger partial charge in [-0.2, -0.15) is 4.73 Å². The average Bonchev–Trinajstić information content (AvgIpc) is 2.91. The maximum Gasteiger partial charge on any atom is 0.405 e. The summed E-state index contributed by atoms with van der Waals surface area (Å²) >= 11 is 0. The Kier molecular flexibility index (Phi) is 4.55. The summed E-state index contributed by atoms with van der Waals surface area (Å²) in [7, 11) is 0. The van der Waals surface area contributed by atoms with Gasteiger partial charge in [0.1, 0.15) is 0 Å². The maximum atomic E-state index is 11.9. The second-order valence-corrected chi connectivity index (χ2v) is 4.95. The Morgan fingerprint density at radius 1 is 1.40 bits per heavy atom. The molecule has 0 aromatic carbocycles.